The normalized spacial score (nSPS) is 16.9. The standard InChI is InChI=1S/C19H32N2O5S2/c1-3-11-21-12-9-17(10-13-21)16-20-28(24,25)19-7-5-18(6-8-19)26-14-15-27(22,23)4-2/h5-8,17,20H,3-4,9-16H2,1-2H3. The number of nitrogens with zero attached hydrogens (tertiary/aromatic N) is 1. The van der Waals surface area contributed by atoms with Crippen molar-refractivity contribution in [2.75, 3.05) is 44.3 Å². The second kappa shape index (κ2) is 10.6. The summed E-state index contributed by atoms with van der Waals surface area (Å²) in [6, 6.07) is 6.07. The minimum absolute atomic E-state index is 0.0528. The molecule has 1 aliphatic heterocycles. The number of hydrogen-bond acceptors (Lipinski definition) is 6. The summed E-state index contributed by atoms with van der Waals surface area (Å²) in [6.07, 6.45) is 3.16. The van der Waals surface area contributed by atoms with E-state index in [4.69, 9.17) is 4.74 Å². The Labute approximate surface area is 169 Å². The maximum atomic E-state index is 12.5. The van der Waals surface area contributed by atoms with E-state index in [1.54, 1.807) is 19.1 Å². The van der Waals surface area contributed by atoms with E-state index < -0.39 is 19.9 Å². The lowest BCUT2D eigenvalue weighted by Gasteiger charge is -2.31. The molecule has 0 aromatic heterocycles. The summed E-state index contributed by atoms with van der Waals surface area (Å²) in [4.78, 5) is 2.61. The fourth-order valence-corrected chi connectivity index (χ4v) is 4.93. The monoisotopic (exact) mass is 432 g/mol. The number of ether oxygens (including phenoxy) is 1. The van der Waals surface area contributed by atoms with Crippen LogP contribution in [-0.2, 0) is 19.9 Å². The SMILES string of the molecule is CCCN1CCC(CNS(=O)(=O)c2ccc(OCCS(=O)(=O)CC)cc2)CC1. The van der Waals surface area contributed by atoms with Gasteiger partial charge in [-0.15, -0.1) is 0 Å². The third-order valence-electron chi connectivity index (χ3n) is 5.05. The molecule has 1 aromatic rings. The van der Waals surface area contributed by atoms with Crippen molar-refractivity contribution in [1.82, 2.24) is 9.62 Å². The molecule has 1 aromatic carbocycles. The number of benzene rings is 1. The molecule has 0 aliphatic carbocycles. The van der Waals surface area contributed by atoms with E-state index in [-0.39, 0.29) is 23.0 Å². The predicted molar refractivity (Wildman–Crippen MR) is 111 cm³/mol. The van der Waals surface area contributed by atoms with E-state index in [2.05, 4.69) is 16.5 Å². The molecule has 160 valence electrons. The lowest BCUT2D eigenvalue weighted by molar-refractivity contribution is 0.186. The van der Waals surface area contributed by atoms with Gasteiger partial charge < -0.3 is 9.64 Å². The number of rotatable bonds is 11. The van der Waals surface area contributed by atoms with Crippen LogP contribution in [0, 0.1) is 5.92 Å². The van der Waals surface area contributed by atoms with Gasteiger partial charge in [0.25, 0.3) is 0 Å². The third kappa shape index (κ3) is 7.35. The first kappa shape index (κ1) is 23.1. The Morgan fingerprint density at radius 2 is 1.71 bits per heavy atom. The summed E-state index contributed by atoms with van der Waals surface area (Å²) in [5.74, 6) is 0.846. The van der Waals surface area contributed by atoms with Crippen LogP contribution in [0.25, 0.3) is 0 Å². The first-order chi connectivity index (χ1) is 13.3. The van der Waals surface area contributed by atoms with Crippen molar-refractivity contribution in [1.29, 1.82) is 0 Å². The van der Waals surface area contributed by atoms with E-state index in [1.165, 1.54) is 12.1 Å². The van der Waals surface area contributed by atoms with E-state index in [1.807, 2.05) is 0 Å². The number of likely N-dealkylation sites (tertiary alicyclic amines) is 1. The van der Waals surface area contributed by atoms with Crippen LogP contribution in [0.1, 0.15) is 33.1 Å². The zero-order valence-electron chi connectivity index (χ0n) is 16.8. The van der Waals surface area contributed by atoms with Gasteiger partial charge in [-0.3, -0.25) is 0 Å². The van der Waals surface area contributed by atoms with E-state index in [9.17, 15) is 16.8 Å². The van der Waals surface area contributed by atoms with Crippen LogP contribution in [0.2, 0.25) is 0 Å². The summed E-state index contributed by atoms with van der Waals surface area (Å²) in [5.41, 5.74) is 0. The zero-order chi connectivity index (χ0) is 20.6. The van der Waals surface area contributed by atoms with E-state index in [0.29, 0.717) is 18.2 Å². The van der Waals surface area contributed by atoms with Crippen molar-refractivity contribution in [2.45, 2.75) is 38.0 Å². The number of sulfone groups is 1. The quantitative estimate of drug-likeness (QED) is 0.574. The van der Waals surface area contributed by atoms with Crippen molar-refractivity contribution >= 4 is 19.9 Å². The summed E-state index contributed by atoms with van der Waals surface area (Å²) in [5, 5.41) is 0. The van der Waals surface area contributed by atoms with Crippen LogP contribution in [0.5, 0.6) is 5.75 Å². The fraction of sp³-hybridized carbons (Fsp3) is 0.684. The molecule has 0 spiro atoms. The Kier molecular flexibility index (Phi) is 8.73. The molecular formula is C19H32N2O5S2. The predicted octanol–water partition coefficient (Wildman–Crippen LogP) is 1.90. The minimum atomic E-state index is -3.56. The van der Waals surface area contributed by atoms with Gasteiger partial charge in [-0.1, -0.05) is 13.8 Å². The summed E-state index contributed by atoms with van der Waals surface area (Å²) in [6.45, 7) is 7.43. The Morgan fingerprint density at radius 3 is 2.29 bits per heavy atom. The van der Waals surface area contributed by atoms with Crippen LogP contribution in [0.4, 0.5) is 0 Å². The van der Waals surface area contributed by atoms with Gasteiger partial charge >= 0.3 is 0 Å². The van der Waals surface area contributed by atoms with Crippen molar-refractivity contribution in [2.24, 2.45) is 5.92 Å². The molecule has 1 aliphatic rings. The summed E-state index contributed by atoms with van der Waals surface area (Å²) >= 11 is 0. The van der Waals surface area contributed by atoms with Crippen LogP contribution in [0.15, 0.2) is 29.2 Å². The molecule has 0 amide bonds. The molecule has 7 nitrogen and oxygen atoms in total. The van der Waals surface area contributed by atoms with Crippen LogP contribution < -0.4 is 9.46 Å². The number of hydrogen-bond donors (Lipinski definition) is 1. The number of nitrogens with one attached hydrogen (secondary N) is 1. The minimum Gasteiger partial charge on any atom is -0.493 e. The molecule has 28 heavy (non-hydrogen) atoms. The fourth-order valence-electron chi connectivity index (χ4n) is 3.19. The Bertz CT molecular complexity index is 799. The highest BCUT2D eigenvalue weighted by Crippen LogP contribution is 2.19. The first-order valence-electron chi connectivity index (χ1n) is 9.91. The van der Waals surface area contributed by atoms with Crippen molar-refractivity contribution < 1.29 is 21.6 Å². The summed E-state index contributed by atoms with van der Waals surface area (Å²) in [7, 11) is -6.64. The average molecular weight is 433 g/mol. The Hall–Kier alpha value is -1.16. The van der Waals surface area contributed by atoms with Gasteiger partial charge in [0.15, 0.2) is 9.84 Å². The van der Waals surface area contributed by atoms with Crippen LogP contribution in [-0.4, -0.2) is 66.0 Å². The molecule has 2 rings (SSSR count). The summed E-state index contributed by atoms with van der Waals surface area (Å²) < 4.78 is 56.0. The number of piperidine rings is 1. The highest BCUT2D eigenvalue weighted by atomic mass is 32.2. The van der Waals surface area contributed by atoms with E-state index in [0.717, 1.165) is 38.9 Å². The molecule has 0 saturated carbocycles. The first-order valence-corrected chi connectivity index (χ1v) is 13.2. The highest BCUT2D eigenvalue weighted by Gasteiger charge is 2.21. The lowest BCUT2D eigenvalue weighted by Crippen LogP contribution is -2.38. The second-order valence-electron chi connectivity index (χ2n) is 7.19. The molecule has 0 radical (unpaired) electrons. The van der Waals surface area contributed by atoms with Gasteiger partial charge in [0.2, 0.25) is 10.0 Å². The molecule has 9 heteroatoms. The average Bonchev–Trinajstić information content (AvgIpc) is 2.68. The molecule has 1 saturated heterocycles. The largest absolute Gasteiger partial charge is 0.493 e. The van der Waals surface area contributed by atoms with Gasteiger partial charge in [-0.2, -0.15) is 0 Å². The molecular weight excluding hydrogens is 400 g/mol. The zero-order valence-corrected chi connectivity index (χ0v) is 18.4. The molecule has 0 atom stereocenters. The highest BCUT2D eigenvalue weighted by molar-refractivity contribution is 7.91. The topological polar surface area (TPSA) is 92.8 Å². The maximum absolute atomic E-state index is 12.5. The Balaban J connectivity index is 1.81. The van der Waals surface area contributed by atoms with Gasteiger partial charge in [0.1, 0.15) is 12.4 Å². The van der Waals surface area contributed by atoms with Crippen molar-refractivity contribution in [3.05, 3.63) is 24.3 Å². The number of sulfonamides is 1. The maximum Gasteiger partial charge on any atom is 0.240 e. The van der Waals surface area contributed by atoms with Crippen molar-refractivity contribution in [3.8, 4) is 5.75 Å². The van der Waals surface area contributed by atoms with Crippen LogP contribution in [0.3, 0.4) is 0 Å². The van der Waals surface area contributed by atoms with Gasteiger partial charge in [0.05, 0.1) is 10.6 Å². The Morgan fingerprint density at radius 1 is 1.07 bits per heavy atom. The third-order valence-corrected chi connectivity index (χ3v) is 8.15. The molecule has 1 heterocycles. The van der Waals surface area contributed by atoms with Crippen molar-refractivity contribution in [3.63, 3.8) is 0 Å². The molecule has 0 unspecified atom stereocenters. The second-order valence-corrected chi connectivity index (χ2v) is 11.4. The van der Waals surface area contributed by atoms with Gasteiger partial charge in [-0.05, 0) is 69.1 Å². The molecule has 1 fully saturated rings. The molecule has 1 N–H and O–H groups in total. The lowest BCUT2D eigenvalue weighted by atomic mass is 9.97. The van der Waals surface area contributed by atoms with Gasteiger partial charge in [-0.25, -0.2) is 21.6 Å². The van der Waals surface area contributed by atoms with E-state index >= 15 is 0 Å². The smallest absolute Gasteiger partial charge is 0.240 e. The molecule has 0 bridgehead atoms. The van der Waals surface area contributed by atoms with Crippen LogP contribution >= 0.6 is 0 Å². The van der Waals surface area contributed by atoms with Gasteiger partial charge in [0, 0.05) is 12.3 Å².